The Morgan fingerprint density at radius 3 is 2.36 bits per heavy atom. The fourth-order valence-electron chi connectivity index (χ4n) is 2.37. The minimum absolute atomic E-state index is 0.188. The van der Waals surface area contributed by atoms with Gasteiger partial charge in [0.15, 0.2) is 0 Å². The third-order valence-corrected chi connectivity index (χ3v) is 3.56. The normalized spacial score (nSPS) is 10.4. The third-order valence-electron chi connectivity index (χ3n) is 3.56. The van der Waals surface area contributed by atoms with Gasteiger partial charge in [0.05, 0.1) is 0 Å². The molecular weight excluding hydrogens is 274 g/mol. The number of carbonyl (C=O) groups excluding carboxylic acids is 1. The molecule has 0 aliphatic carbocycles. The highest BCUT2D eigenvalue weighted by molar-refractivity contribution is 6.09. The maximum Gasteiger partial charge on any atom is 0.255 e. The number of aromatic hydroxyl groups is 1. The third kappa shape index (κ3) is 2.56. The molecule has 3 aromatic carbocycles. The van der Waals surface area contributed by atoms with Crippen LogP contribution in [0.15, 0.2) is 67.2 Å². The van der Waals surface area contributed by atoms with Crippen LogP contribution in [-0.4, -0.2) is 11.0 Å². The second-order valence-electron chi connectivity index (χ2n) is 4.96. The maximum atomic E-state index is 12.3. The molecule has 3 rings (SSSR count). The Labute approximate surface area is 128 Å². The van der Waals surface area contributed by atoms with Gasteiger partial charge in [-0.2, -0.15) is 0 Å². The van der Waals surface area contributed by atoms with Crippen molar-refractivity contribution >= 4 is 28.4 Å². The second-order valence-corrected chi connectivity index (χ2v) is 4.96. The van der Waals surface area contributed by atoms with E-state index in [4.69, 9.17) is 0 Å². The highest BCUT2D eigenvalue weighted by atomic mass is 16.3. The van der Waals surface area contributed by atoms with E-state index in [9.17, 15) is 9.90 Å². The molecule has 0 spiro atoms. The van der Waals surface area contributed by atoms with Gasteiger partial charge >= 0.3 is 0 Å². The van der Waals surface area contributed by atoms with Crippen molar-refractivity contribution in [1.82, 2.24) is 0 Å². The van der Waals surface area contributed by atoms with E-state index in [2.05, 4.69) is 11.9 Å². The zero-order chi connectivity index (χ0) is 15.5. The number of carbonyl (C=O) groups is 1. The lowest BCUT2D eigenvalue weighted by molar-refractivity contribution is 0.102. The molecule has 0 atom stereocenters. The van der Waals surface area contributed by atoms with Gasteiger partial charge in [-0.05, 0) is 29.8 Å². The number of phenolic OH excluding ortho intramolecular Hbond substituents is 1. The van der Waals surface area contributed by atoms with Crippen LogP contribution >= 0.6 is 0 Å². The molecule has 108 valence electrons. The molecule has 2 N–H and O–H groups in total. The molecule has 22 heavy (non-hydrogen) atoms. The van der Waals surface area contributed by atoms with E-state index >= 15 is 0 Å². The summed E-state index contributed by atoms with van der Waals surface area (Å²) in [6.07, 6.45) is 1.73. The summed E-state index contributed by atoms with van der Waals surface area (Å²) in [5, 5.41) is 14.3. The number of hydrogen-bond donors (Lipinski definition) is 2. The first-order valence-electron chi connectivity index (χ1n) is 6.93. The van der Waals surface area contributed by atoms with Gasteiger partial charge in [0.25, 0.3) is 5.91 Å². The van der Waals surface area contributed by atoms with Gasteiger partial charge in [0.1, 0.15) is 5.75 Å². The number of anilines is 1. The van der Waals surface area contributed by atoms with E-state index in [1.807, 2.05) is 30.3 Å². The number of hydrogen-bond acceptors (Lipinski definition) is 2. The summed E-state index contributed by atoms with van der Waals surface area (Å²) in [4.78, 5) is 12.3. The lowest BCUT2D eigenvalue weighted by atomic mass is 10.1. The SMILES string of the molecule is C=Cc1ccc(C(=O)Nc2cccc3c(O)cccc23)cc1. The molecule has 0 saturated carbocycles. The van der Waals surface area contributed by atoms with Crippen molar-refractivity contribution in [2.75, 3.05) is 5.32 Å². The predicted octanol–water partition coefficient (Wildman–Crippen LogP) is 4.44. The van der Waals surface area contributed by atoms with Crippen LogP contribution in [0.4, 0.5) is 5.69 Å². The Morgan fingerprint density at radius 1 is 0.955 bits per heavy atom. The van der Waals surface area contributed by atoms with Crippen LogP contribution in [0.1, 0.15) is 15.9 Å². The average molecular weight is 289 g/mol. The molecule has 0 saturated heterocycles. The lowest BCUT2D eigenvalue weighted by Crippen LogP contribution is -2.12. The number of nitrogens with one attached hydrogen (secondary N) is 1. The van der Waals surface area contributed by atoms with E-state index in [1.54, 1.807) is 36.4 Å². The molecule has 0 heterocycles. The van der Waals surface area contributed by atoms with Gasteiger partial charge in [-0.15, -0.1) is 0 Å². The molecule has 0 fully saturated rings. The van der Waals surface area contributed by atoms with Crippen LogP contribution in [0.25, 0.3) is 16.8 Å². The molecule has 3 nitrogen and oxygen atoms in total. The number of benzene rings is 3. The first kappa shape index (κ1) is 13.9. The van der Waals surface area contributed by atoms with Gasteiger partial charge in [-0.25, -0.2) is 0 Å². The Morgan fingerprint density at radius 2 is 1.64 bits per heavy atom. The van der Waals surface area contributed by atoms with Crippen LogP contribution in [0.2, 0.25) is 0 Å². The first-order valence-corrected chi connectivity index (χ1v) is 6.93. The highest BCUT2D eigenvalue weighted by Crippen LogP contribution is 2.30. The Balaban J connectivity index is 1.94. The number of fused-ring (bicyclic) bond motifs is 1. The lowest BCUT2D eigenvalue weighted by Gasteiger charge is -2.10. The first-order chi connectivity index (χ1) is 10.7. The number of rotatable bonds is 3. The van der Waals surface area contributed by atoms with Crippen molar-refractivity contribution in [3.8, 4) is 5.75 Å². The van der Waals surface area contributed by atoms with Gasteiger partial charge in [-0.1, -0.05) is 49.1 Å². The minimum Gasteiger partial charge on any atom is -0.507 e. The molecule has 3 heteroatoms. The van der Waals surface area contributed by atoms with Gasteiger partial charge < -0.3 is 10.4 Å². The van der Waals surface area contributed by atoms with E-state index < -0.39 is 0 Å². The molecule has 0 aliphatic rings. The fourth-order valence-corrected chi connectivity index (χ4v) is 2.37. The zero-order valence-corrected chi connectivity index (χ0v) is 11.9. The van der Waals surface area contributed by atoms with Crippen molar-refractivity contribution in [2.24, 2.45) is 0 Å². The van der Waals surface area contributed by atoms with Crippen LogP contribution in [0.5, 0.6) is 5.75 Å². The largest absolute Gasteiger partial charge is 0.507 e. The predicted molar refractivity (Wildman–Crippen MR) is 90.1 cm³/mol. The topological polar surface area (TPSA) is 49.3 Å². The smallest absolute Gasteiger partial charge is 0.255 e. The van der Waals surface area contributed by atoms with Crippen molar-refractivity contribution in [3.05, 3.63) is 78.4 Å². The monoisotopic (exact) mass is 289 g/mol. The van der Waals surface area contributed by atoms with Crippen molar-refractivity contribution in [3.63, 3.8) is 0 Å². The van der Waals surface area contributed by atoms with Crippen LogP contribution in [-0.2, 0) is 0 Å². The second kappa shape index (κ2) is 5.74. The Hall–Kier alpha value is -3.07. The zero-order valence-electron chi connectivity index (χ0n) is 11.9. The molecule has 0 aromatic heterocycles. The molecule has 0 radical (unpaired) electrons. The van der Waals surface area contributed by atoms with Crippen molar-refractivity contribution < 1.29 is 9.90 Å². The maximum absolute atomic E-state index is 12.3. The summed E-state index contributed by atoms with van der Waals surface area (Å²) in [7, 11) is 0. The fraction of sp³-hybridized carbons (Fsp3) is 0. The molecule has 0 bridgehead atoms. The van der Waals surface area contributed by atoms with Crippen LogP contribution in [0, 0.1) is 0 Å². The molecular formula is C19H15NO2. The highest BCUT2D eigenvalue weighted by Gasteiger charge is 2.09. The van der Waals surface area contributed by atoms with Gasteiger partial charge in [0, 0.05) is 22.0 Å². The summed E-state index contributed by atoms with van der Waals surface area (Å²) >= 11 is 0. The van der Waals surface area contributed by atoms with E-state index in [-0.39, 0.29) is 11.7 Å². The molecule has 1 amide bonds. The quantitative estimate of drug-likeness (QED) is 0.749. The van der Waals surface area contributed by atoms with E-state index in [0.717, 1.165) is 10.9 Å². The van der Waals surface area contributed by atoms with E-state index in [1.165, 1.54) is 0 Å². The Bertz CT molecular complexity index is 851. The van der Waals surface area contributed by atoms with E-state index in [0.29, 0.717) is 16.6 Å². The summed E-state index contributed by atoms with van der Waals surface area (Å²) in [6.45, 7) is 3.69. The minimum atomic E-state index is -0.188. The number of amides is 1. The Kier molecular flexibility index (Phi) is 3.62. The standard InChI is InChI=1S/C19H15NO2/c1-2-13-9-11-14(12-10-13)19(22)20-17-7-3-6-16-15(17)5-4-8-18(16)21/h2-12,21H,1H2,(H,20,22). The summed E-state index contributed by atoms with van der Waals surface area (Å²) in [5.41, 5.74) is 2.21. The molecule has 0 aliphatic heterocycles. The van der Waals surface area contributed by atoms with Crippen LogP contribution in [0.3, 0.4) is 0 Å². The van der Waals surface area contributed by atoms with Crippen molar-refractivity contribution in [2.45, 2.75) is 0 Å². The van der Waals surface area contributed by atoms with Gasteiger partial charge in [-0.3, -0.25) is 4.79 Å². The van der Waals surface area contributed by atoms with Crippen molar-refractivity contribution in [1.29, 1.82) is 0 Å². The van der Waals surface area contributed by atoms with Crippen LogP contribution < -0.4 is 5.32 Å². The average Bonchev–Trinajstić information content (AvgIpc) is 2.56. The number of phenols is 1. The molecule has 3 aromatic rings. The summed E-state index contributed by atoms with van der Waals surface area (Å²) in [6, 6.07) is 17.9. The summed E-state index contributed by atoms with van der Waals surface area (Å²) < 4.78 is 0. The summed E-state index contributed by atoms with van der Waals surface area (Å²) in [5.74, 6) is 0.00962. The molecule has 0 unspecified atom stereocenters. The van der Waals surface area contributed by atoms with Gasteiger partial charge in [0.2, 0.25) is 0 Å².